The number of carbonyl (C=O) groups is 4. The van der Waals surface area contributed by atoms with Crippen molar-refractivity contribution in [2.24, 2.45) is 5.11 Å². The van der Waals surface area contributed by atoms with Gasteiger partial charge in [0.1, 0.15) is 18.4 Å². The van der Waals surface area contributed by atoms with Gasteiger partial charge in [-0.1, -0.05) is 107 Å². The number of hydrogen-bond acceptors (Lipinski definition) is 15. The van der Waals surface area contributed by atoms with Crippen molar-refractivity contribution in [2.75, 3.05) is 6.61 Å². The van der Waals surface area contributed by atoms with E-state index in [0.29, 0.717) is 28.5 Å². The number of hydrogen-bond donors (Lipinski definition) is 2. The van der Waals surface area contributed by atoms with Crippen molar-refractivity contribution in [1.29, 1.82) is 0 Å². The molecule has 11 rings (SSSR count). The Balaban J connectivity index is 1.00. The van der Waals surface area contributed by atoms with Crippen molar-refractivity contribution >= 4 is 75.9 Å². The van der Waals surface area contributed by atoms with Crippen LogP contribution in [0.5, 0.6) is 0 Å². The summed E-state index contributed by atoms with van der Waals surface area (Å²) in [4.78, 5) is 70.1. The van der Waals surface area contributed by atoms with Crippen LogP contribution in [0.1, 0.15) is 56.2 Å². The molecule has 2 N–H and O–H groups in total. The zero-order valence-electron chi connectivity index (χ0n) is 44.0. The molecule has 8 bridgehead atoms. The third-order valence-corrected chi connectivity index (χ3v) is 13.5. The minimum Gasteiger partial charge on any atom is -0.463 e. The van der Waals surface area contributed by atoms with Gasteiger partial charge in [0.2, 0.25) is 0 Å². The summed E-state index contributed by atoms with van der Waals surface area (Å²) in [7, 11) is 0. The van der Waals surface area contributed by atoms with Crippen LogP contribution in [0, 0.1) is 0 Å². The van der Waals surface area contributed by atoms with E-state index in [0.717, 1.165) is 98.7 Å². The average Bonchev–Trinajstić information content (AvgIpc) is 4.54. The first kappa shape index (κ1) is 52.8. The number of esters is 4. The molecule has 4 aromatic heterocycles. The van der Waals surface area contributed by atoms with E-state index in [-0.39, 0.29) is 6.61 Å². The smallest absolute Gasteiger partial charge is 0.303 e. The van der Waals surface area contributed by atoms with Gasteiger partial charge in [0.25, 0.3) is 0 Å². The highest BCUT2D eigenvalue weighted by atomic mass is 16.7. The van der Waals surface area contributed by atoms with Crippen LogP contribution in [-0.4, -0.2) is 96.1 Å². The van der Waals surface area contributed by atoms with E-state index in [2.05, 4.69) is 78.9 Å². The lowest BCUT2D eigenvalue weighted by Crippen LogP contribution is -2.62. The maximum absolute atomic E-state index is 12.4. The molecule has 0 saturated carbocycles. The van der Waals surface area contributed by atoms with Gasteiger partial charge in [-0.25, -0.2) is 14.6 Å². The second kappa shape index (κ2) is 23.0. The van der Waals surface area contributed by atoms with E-state index < -0.39 is 61.2 Å². The Labute approximate surface area is 462 Å². The highest BCUT2D eigenvalue weighted by Crippen LogP contribution is 2.39. The summed E-state index contributed by atoms with van der Waals surface area (Å²) in [5.74, 6) is -2.92. The predicted octanol–water partition coefficient (Wildman–Crippen LogP) is 11.4. The predicted molar refractivity (Wildman–Crippen MR) is 301 cm³/mol. The summed E-state index contributed by atoms with van der Waals surface area (Å²) in [5.41, 5.74) is 24.0. The van der Waals surface area contributed by atoms with E-state index in [1.54, 1.807) is 23.0 Å². The van der Waals surface area contributed by atoms with Crippen LogP contribution in [0.4, 0.5) is 5.69 Å². The molecule has 0 unspecified atom stereocenters. The summed E-state index contributed by atoms with van der Waals surface area (Å²) in [6.07, 6.45) is 3.00. The Hall–Kier alpha value is -10.3. The van der Waals surface area contributed by atoms with Crippen LogP contribution in [0.25, 0.3) is 107 Å². The quantitative estimate of drug-likeness (QED) is 0.0337. The summed E-state index contributed by atoms with van der Waals surface area (Å²) in [5, 5.41) is 12.5. The molecule has 8 aromatic rings. The Morgan fingerprint density at radius 2 is 1.01 bits per heavy atom. The van der Waals surface area contributed by atoms with Crippen molar-refractivity contribution in [2.45, 2.75) is 65.0 Å². The Bertz CT molecular complexity index is 4020. The second-order valence-corrected chi connectivity index (χ2v) is 19.1. The van der Waals surface area contributed by atoms with Crippen molar-refractivity contribution in [3.8, 4) is 50.2 Å². The third-order valence-electron chi connectivity index (χ3n) is 13.5. The Kier molecular flexibility index (Phi) is 15.0. The lowest BCUT2D eigenvalue weighted by atomic mass is 9.98. The van der Waals surface area contributed by atoms with Gasteiger partial charge >= 0.3 is 23.9 Å². The molecule has 1 fully saturated rings. The van der Waals surface area contributed by atoms with Crippen molar-refractivity contribution in [3.63, 3.8) is 0 Å². The van der Waals surface area contributed by atoms with Gasteiger partial charge in [0, 0.05) is 82.6 Å². The number of aromatic nitrogens is 7. The van der Waals surface area contributed by atoms with Crippen LogP contribution in [0.2, 0.25) is 0 Å². The number of nitrogens with one attached hydrogen (secondary N) is 2. The maximum Gasteiger partial charge on any atom is 0.303 e. The number of ether oxygens (including phenoxy) is 6. The van der Waals surface area contributed by atoms with Crippen molar-refractivity contribution in [1.82, 2.24) is 34.9 Å². The minimum absolute atomic E-state index is 0.235. The van der Waals surface area contributed by atoms with Gasteiger partial charge in [-0.15, -0.1) is 5.10 Å². The number of fused-ring (bicyclic) bond motifs is 8. The van der Waals surface area contributed by atoms with Crippen molar-refractivity contribution < 1.29 is 47.6 Å². The second-order valence-electron chi connectivity index (χ2n) is 19.1. The fraction of sp³-hybridized carbons (Fsp3) is 0.180. The maximum atomic E-state index is 12.4. The van der Waals surface area contributed by atoms with Crippen LogP contribution >= 0.6 is 0 Å². The largest absolute Gasteiger partial charge is 0.463 e. The molecular weight excluding hydrogens is 1030 g/mol. The van der Waals surface area contributed by atoms with Crippen LogP contribution in [-0.2, 0) is 54.2 Å². The molecule has 20 heteroatoms. The molecule has 0 spiro atoms. The normalized spacial score (nSPS) is 17.2. The highest BCUT2D eigenvalue weighted by molar-refractivity contribution is 6.00. The molecule has 81 heavy (non-hydrogen) atoms. The SMILES string of the molecule is CC(=O)OC[C@H]1O[C@@H](OCc2cn(-c3ccc(-c4c5nc(c(-c6ccc(N=[N+]=[N-])cc6)c6ccc([nH]6)c(-c6ccccc6)c6nc(c(-c7ccccc7)c7ccc4[nH]7)C=C6)C=C5)cc3)nn2)[C@H](OC(C)=O)[C@@H](OC(C)=O)[C@@H]1OC(C)=O. The fourth-order valence-electron chi connectivity index (χ4n) is 10.1. The number of azide groups is 1. The molecule has 20 nitrogen and oxygen atoms in total. The lowest BCUT2D eigenvalue weighted by Gasteiger charge is -2.43. The monoisotopic (exact) mass is 1080 g/mol. The highest BCUT2D eigenvalue weighted by Gasteiger charge is 2.53. The summed E-state index contributed by atoms with van der Waals surface area (Å²) >= 11 is 0. The molecule has 5 atom stereocenters. The van der Waals surface area contributed by atoms with Gasteiger partial charge in [0.05, 0.1) is 41.3 Å². The fourth-order valence-corrected chi connectivity index (χ4v) is 10.1. The molecule has 404 valence electrons. The van der Waals surface area contributed by atoms with Crippen molar-refractivity contribution in [3.05, 3.63) is 179 Å². The van der Waals surface area contributed by atoms with E-state index in [4.69, 9.17) is 38.4 Å². The number of aromatic amines is 2. The van der Waals surface area contributed by atoms with E-state index in [9.17, 15) is 24.7 Å². The molecule has 3 aliphatic heterocycles. The van der Waals surface area contributed by atoms with Crippen LogP contribution < -0.4 is 0 Å². The molecule has 0 radical (unpaired) electrons. The topological polar surface area (TPSA) is 260 Å². The van der Waals surface area contributed by atoms with Gasteiger partial charge < -0.3 is 38.4 Å². The van der Waals surface area contributed by atoms with Gasteiger partial charge in [-0.2, -0.15) is 0 Å². The van der Waals surface area contributed by atoms with Gasteiger partial charge in [-0.3, -0.25) is 19.2 Å². The minimum atomic E-state index is -1.41. The van der Waals surface area contributed by atoms with Crippen LogP contribution in [0.15, 0.2) is 145 Å². The number of carbonyl (C=O) groups excluding carboxylic acids is 4. The van der Waals surface area contributed by atoms with E-state index in [1.165, 1.54) is 6.92 Å². The molecule has 7 heterocycles. The molecule has 0 aliphatic carbocycles. The third kappa shape index (κ3) is 11.4. The first-order chi connectivity index (χ1) is 39.4. The summed E-state index contributed by atoms with van der Waals surface area (Å²) in [6, 6.07) is 43.7. The zero-order valence-corrected chi connectivity index (χ0v) is 44.0. The van der Waals surface area contributed by atoms with Gasteiger partial charge in [0.15, 0.2) is 24.6 Å². The summed E-state index contributed by atoms with van der Waals surface area (Å²) < 4.78 is 35.6. The first-order valence-electron chi connectivity index (χ1n) is 25.7. The molecule has 3 aliphatic rings. The molecule has 1 saturated heterocycles. The van der Waals surface area contributed by atoms with Gasteiger partial charge in [-0.05, 0) is 88.5 Å². The first-order valence-corrected chi connectivity index (χ1v) is 25.7. The van der Waals surface area contributed by atoms with Crippen LogP contribution in [0.3, 0.4) is 0 Å². The molecule has 0 amide bonds. The lowest BCUT2D eigenvalue weighted by molar-refractivity contribution is -0.310. The number of rotatable bonds is 14. The summed E-state index contributed by atoms with van der Waals surface area (Å²) in [6.45, 7) is 3.98. The molecule has 4 aromatic carbocycles. The van der Waals surface area contributed by atoms with E-state index >= 15 is 0 Å². The van der Waals surface area contributed by atoms with E-state index in [1.807, 2.05) is 97.1 Å². The Morgan fingerprint density at radius 1 is 0.568 bits per heavy atom. The molecular formula is C61H50N10O10. The Morgan fingerprint density at radius 3 is 1.47 bits per heavy atom. The zero-order chi connectivity index (χ0) is 56.1. The number of H-pyrrole nitrogens is 2. The number of nitrogens with zero attached hydrogens (tertiary/aromatic N) is 8. The standard InChI is InChI=1S/C61H50N10O10/c1-34(72)76-33-53-58(78-35(2)73)59(79-36(3)74)60(80-37(4)75)61(81-53)77-32-43-31-71(70-68-43)44-21-17-41(18-22-44)57-51-28-26-48(65-51)55(39-13-9-6-10-14-39)46-24-23-45(63-46)54(38-11-7-5-8-12-38)47-25-27-49(64-47)56(50-29-30-52(57)66-50)40-15-19-42(20-16-40)67-69-62/h5-31,53,58-61,64-65H,32-33H2,1-4H3/t53-,58-,59+,60-,61-/m1/s1. The number of benzene rings is 4. The average molecular weight is 1080 g/mol.